The molecule has 0 fully saturated rings. The molecule has 0 aliphatic heterocycles. The lowest BCUT2D eigenvalue weighted by atomic mass is 9.98. The predicted octanol–water partition coefficient (Wildman–Crippen LogP) is 9.19. The summed E-state index contributed by atoms with van der Waals surface area (Å²) in [4.78, 5) is 9.44. The maximum Gasteiger partial charge on any atom is 0.147 e. The minimum Gasteiger partial charge on any atom is -0.300 e. The molecule has 1 aromatic carbocycles. The van der Waals surface area contributed by atoms with Gasteiger partial charge in [0, 0.05) is 0 Å². The van der Waals surface area contributed by atoms with Crippen molar-refractivity contribution >= 4 is 17.4 Å². The van der Waals surface area contributed by atoms with E-state index in [1.54, 1.807) is 0 Å². The summed E-state index contributed by atoms with van der Waals surface area (Å²) >= 11 is 5.23. The van der Waals surface area contributed by atoms with Gasteiger partial charge in [-0.05, 0) is 44.2 Å². The number of hydrogen-bond acceptors (Lipinski definition) is 1. The number of halogens is 3. The molecule has 0 aromatic heterocycles. The molecule has 1 aromatic rings. The molecule has 0 aliphatic carbocycles. The van der Waals surface area contributed by atoms with Gasteiger partial charge in [-0.25, -0.2) is 8.78 Å². The zero-order valence-corrected chi connectivity index (χ0v) is 20.4. The van der Waals surface area contributed by atoms with Gasteiger partial charge in [0.15, 0.2) is 0 Å². The van der Waals surface area contributed by atoms with Crippen LogP contribution >= 0.6 is 11.6 Å². The van der Waals surface area contributed by atoms with Gasteiger partial charge in [0.25, 0.3) is 0 Å². The molecule has 0 atom stereocenters. The van der Waals surface area contributed by atoms with Gasteiger partial charge in [-0.2, -0.15) is 0 Å². The molecule has 0 heterocycles. The van der Waals surface area contributed by atoms with E-state index < -0.39 is 16.7 Å². The molecule has 0 amide bonds. The van der Waals surface area contributed by atoms with Crippen molar-refractivity contribution in [2.45, 2.75) is 101 Å². The number of aryl methyl sites for hydroxylation is 1. The van der Waals surface area contributed by atoms with E-state index >= 15 is 0 Å². The van der Waals surface area contributed by atoms with Crippen LogP contribution in [0.15, 0.2) is 12.1 Å². The van der Waals surface area contributed by atoms with Crippen LogP contribution in [0.5, 0.6) is 0 Å². The Labute approximate surface area is 178 Å². The Balaban J connectivity index is -0.000000326. The third kappa shape index (κ3) is 25.0. The molecule has 28 heavy (non-hydrogen) atoms. The van der Waals surface area contributed by atoms with Gasteiger partial charge >= 0.3 is 0 Å². The fourth-order valence-electron chi connectivity index (χ4n) is 1.87. The zero-order valence-electron chi connectivity index (χ0n) is 19.6. The Bertz CT molecular complexity index is 460. The van der Waals surface area contributed by atoms with Gasteiger partial charge in [-0.15, -0.1) is 0 Å². The van der Waals surface area contributed by atoms with Crippen LogP contribution in [0.1, 0.15) is 99.5 Å². The van der Waals surface area contributed by atoms with Crippen molar-refractivity contribution < 1.29 is 13.6 Å². The Kier molecular flexibility index (Phi) is 23.5. The lowest BCUT2D eigenvalue weighted by Gasteiger charge is -2.08. The number of unbranched alkanes of at least 4 members (excludes halogenated alkanes) is 2. The van der Waals surface area contributed by atoms with E-state index in [0.717, 1.165) is 17.9 Å². The fourth-order valence-corrected chi connectivity index (χ4v) is 2.08. The van der Waals surface area contributed by atoms with Gasteiger partial charge in [0.05, 0.1) is 0 Å². The molecule has 1 rings (SSSR count). The first kappa shape index (κ1) is 31.7. The predicted molar refractivity (Wildman–Crippen MR) is 121 cm³/mol. The van der Waals surface area contributed by atoms with Crippen molar-refractivity contribution in [2.75, 3.05) is 0 Å². The molecule has 4 heteroatoms. The van der Waals surface area contributed by atoms with Crippen molar-refractivity contribution in [3.05, 3.63) is 34.4 Å². The monoisotopic (exact) mass is 420 g/mol. The van der Waals surface area contributed by atoms with Crippen molar-refractivity contribution in [1.82, 2.24) is 0 Å². The second kappa shape index (κ2) is 20.8. The summed E-state index contributed by atoms with van der Waals surface area (Å²) in [5, 5.41) is -0.431. The summed E-state index contributed by atoms with van der Waals surface area (Å²) in [6, 6.07) is 2.48. The molecular weight excluding hydrogens is 378 g/mol. The van der Waals surface area contributed by atoms with Crippen LogP contribution in [0.2, 0.25) is 5.02 Å². The van der Waals surface area contributed by atoms with Crippen LogP contribution < -0.4 is 0 Å². The topological polar surface area (TPSA) is 17.1 Å². The highest BCUT2D eigenvalue weighted by atomic mass is 35.5. The summed E-state index contributed by atoms with van der Waals surface area (Å²) in [5.41, 5.74) is 0.353. The Morgan fingerprint density at radius 3 is 1.61 bits per heavy atom. The fraction of sp³-hybridized carbons (Fsp3) is 0.708. The highest BCUT2D eigenvalue weighted by Gasteiger charge is 2.07. The Morgan fingerprint density at radius 1 is 0.964 bits per heavy atom. The molecule has 1 nitrogen and oxygen atoms in total. The highest BCUT2D eigenvalue weighted by molar-refractivity contribution is 6.30. The third-order valence-corrected chi connectivity index (χ3v) is 3.68. The zero-order chi connectivity index (χ0) is 22.7. The van der Waals surface area contributed by atoms with Crippen LogP contribution in [0, 0.1) is 30.4 Å². The summed E-state index contributed by atoms with van der Waals surface area (Å²) in [5.74, 6) is 0.575. The normalized spacial score (nSPS) is 9.64. The number of rotatable bonds is 6. The number of hydrogen-bond donors (Lipinski definition) is 0. The molecule has 0 spiro atoms. The van der Waals surface area contributed by atoms with Crippen molar-refractivity contribution in [3.8, 4) is 0 Å². The van der Waals surface area contributed by atoms with Crippen LogP contribution in [-0.2, 0) is 4.79 Å². The Hall–Kier alpha value is -0.960. The van der Waals surface area contributed by atoms with E-state index in [9.17, 15) is 13.6 Å². The first-order chi connectivity index (χ1) is 12.9. The Morgan fingerprint density at radius 2 is 1.32 bits per heavy atom. The quantitative estimate of drug-likeness (QED) is 0.419. The van der Waals surface area contributed by atoms with Gasteiger partial charge < -0.3 is 4.79 Å². The molecule has 0 bridgehead atoms. The molecule has 166 valence electrons. The van der Waals surface area contributed by atoms with Gasteiger partial charge in [0.2, 0.25) is 0 Å². The number of carbonyl (C=O) groups is 1. The maximum absolute atomic E-state index is 12.6. The second-order valence-electron chi connectivity index (χ2n) is 8.02. The minimum absolute atomic E-state index is 0.167. The third-order valence-electron chi connectivity index (χ3n) is 3.33. The second-order valence-corrected chi connectivity index (χ2v) is 8.40. The van der Waals surface area contributed by atoms with Crippen molar-refractivity contribution in [2.24, 2.45) is 11.8 Å². The van der Waals surface area contributed by atoms with Crippen LogP contribution in [0.3, 0.4) is 0 Å². The van der Waals surface area contributed by atoms with E-state index in [1.165, 1.54) is 65.4 Å². The average molecular weight is 421 g/mol. The van der Waals surface area contributed by atoms with Crippen molar-refractivity contribution in [1.29, 1.82) is 0 Å². The number of Topliss-reactive ketones (excluding diaryl/α,β-unsaturated/α-hetero) is 1. The van der Waals surface area contributed by atoms with E-state index in [4.69, 9.17) is 11.6 Å². The van der Waals surface area contributed by atoms with Crippen LogP contribution in [0.4, 0.5) is 8.78 Å². The maximum atomic E-state index is 12.6. The van der Waals surface area contributed by atoms with E-state index in [0.29, 0.717) is 5.56 Å². The lowest BCUT2D eigenvalue weighted by molar-refractivity contribution is -0.114. The first-order valence-corrected chi connectivity index (χ1v) is 10.8. The summed E-state index contributed by atoms with van der Waals surface area (Å²) in [7, 11) is 0. The van der Waals surface area contributed by atoms with Crippen molar-refractivity contribution in [3.63, 3.8) is 0 Å². The molecule has 0 N–H and O–H groups in total. The minimum atomic E-state index is -0.718. The number of ketones is 1. The average Bonchev–Trinajstić information content (AvgIpc) is 2.59. The van der Waals surface area contributed by atoms with Crippen LogP contribution in [0.25, 0.3) is 0 Å². The smallest absolute Gasteiger partial charge is 0.147 e. The lowest BCUT2D eigenvalue weighted by Crippen LogP contribution is -1.93. The van der Waals surface area contributed by atoms with Crippen LogP contribution in [-0.4, -0.2) is 5.78 Å². The molecule has 0 saturated heterocycles. The van der Waals surface area contributed by atoms with E-state index in [2.05, 4.69) is 41.5 Å². The number of carbonyl (C=O) groups excluding carboxylic acids is 1. The molecule has 0 saturated carbocycles. The van der Waals surface area contributed by atoms with E-state index in [1.807, 2.05) is 0 Å². The largest absolute Gasteiger partial charge is 0.300 e. The van der Waals surface area contributed by atoms with Gasteiger partial charge in [-0.3, -0.25) is 0 Å². The summed E-state index contributed by atoms with van der Waals surface area (Å²) in [6.07, 6.45) is 8.44. The highest BCUT2D eigenvalue weighted by Crippen LogP contribution is 2.20. The molecule has 0 radical (unpaired) electrons. The first-order valence-electron chi connectivity index (χ1n) is 10.5. The van der Waals surface area contributed by atoms with Gasteiger partial charge in [-0.1, -0.05) is 97.7 Å². The standard InChI is InChI=1S/C10H22.C7H5ClF2.C4H10.C3H6O/c1-4-6-8-10(3)9-7-5-2;1-4-2-3-5(9)6(8)7(4)10;1-4(2)3;1-3(2)4/h10H,4-9H2,1-3H3;2-3H,1H3;4H,1-3H3;1-2H3. The van der Waals surface area contributed by atoms with Gasteiger partial charge in [0.1, 0.15) is 22.4 Å². The molecular formula is C24H43ClF2O. The molecule has 0 unspecified atom stereocenters. The number of benzene rings is 1. The molecule has 0 aliphatic rings. The van der Waals surface area contributed by atoms with E-state index in [-0.39, 0.29) is 5.78 Å². The summed E-state index contributed by atoms with van der Waals surface area (Å²) < 4.78 is 25.0. The SMILES string of the molecule is CC(C)=O.CC(C)C.CCCCC(C)CCCC.Cc1ccc(F)c(Cl)c1F. The summed E-state index contributed by atoms with van der Waals surface area (Å²) in [6.45, 7) is 18.0.